The van der Waals surface area contributed by atoms with Crippen molar-refractivity contribution in [2.24, 2.45) is 0 Å². The van der Waals surface area contributed by atoms with Gasteiger partial charge in [-0.15, -0.1) is 0 Å². The SMILES string of the molecule is CCc1nc(-c2ccc(C)c(Br)c2)c(N)n1C(C)C. The highest BCUT2D eigenvalue weighted by Crippen LogP contribution is 2.31. The number of rotatable bonds is 3. The monoisotopic (exact) mass is 321 g/mol. The molecule has 0 aliphatic rings. The molecule has 2 aromatic rings. The first-order valence-corrected chi connectivity index (χ1v) is 7.38. The van der Waals surface area contributed by atoms with Gasteiger partial charge in [0.05, 0.1) is 0 Å². The third-order valence-corrected chi connectivity index (χ3v) is 4.15. The number of benzene rings is 1. The van der Waals surface area contributed by atoms with Gasteiger partial charge >= 0.3 is 0 Å². The molecule has 0 saturated heterocycles. The summed E-state index contributed by atoms with van der Waals surface area (Å²) < 4.78 is 3.20. The Morgan fingerprint density at radius 2 is 2.05 bits per heavy atom. The van der Waals surface area contributed by atoms with Crippen LogP contribution in [0.1, 0.15) is 38.2 Å². The van der Waals surface area contributed by atoms with E-state index in [9.17, 15) is 0 Å². The number of hydrogen-bond acceptors (Lipinski definition) is 2. The van der Waals surface area contributed by atoms with Gasteiger partial charge in [-0.05, 0) is 32.4 Å². The van der Waals surface area contributed by atoms with Crippen LogP contribution in [0.15, 0.2) is 22.7 Å². The van der Waals surface area contributed by atoms with Gasteiger partial charge in [0.1, 0.15) is 17.3 Å². The zero-order valence-electron chi connectivity index (χ0n) is 11.9. The molecule has 1 heterocycles. The maximum Gasteiger partial charge on any atom is 0.131 e. The molecule has 0 radical (unpaired) electrons. The Labute approximate surface area is 123 Å². The maximum absolute atomic E-state index is 6.29. The number of halogens is 1. The summed E-state index contributed by atoms with van der Waals surface area (Å²) in [4.78, 5) is 4.71. The first-order valence-electron chi connectivity index (χ1n) is 6.58. The van der Waals surface area contributed by atoms with E-state index in [0.717, 1.165) is 33.8 Å². The molecule has 102 valence electrons. The molecule has 0 amide bonds. The Balaban J connectivity index is 2.59. The molecule has 4 heteroatoms. The molecule has 0 unspecified atom stereocenters. The fourth-order valence-corrected chi connectivity index (χ4v) is 2.65. The number of anilines is 1. The Bertz CT molecular complexity index is 600. The second-order valence-electron chi connectivity index (χ2n) is 5.04. The molecule has 0 aliphatic carbocycles. The second kappa shape index (κ2) is 5.37. The van der Waals surface area contributed by atoms with Crippen LogP contribution in [0, 0.1) is 6.92 Å². The normalized spacial score (nSPS) is 11.3. The van der Waals surface area contributed by atoms with E-state index in [1.54, 1.807) is 0 Å². The van der Waals surface area contributed by atoms with Crippen LogP contribution < -0.4 is 5.73 Å². The van der Waals surface area contributed by atoms with Crippen LogP contribution in [-0.2, 0) is 6.42 Å². The average molecular weight is 322 g/mol. The third-order valence-electron chi connectivity index (χ3n) is 3.30. The largest absolute Gasteiger partial charge is 0.383 e. The summed E-state index contributed by atoms with van der Waals surface area (Å²) in [5.74, 6) is 1.79. The lowest BCUT2D eigenvalue weighted by Gasteiger charge is -2.12. The first kappa shape index (κ1) is 14.1. The Kier molecular flexibility index (Phi) is 3.99. The fourth-order valence-electron chi connectivity index (χ4n) is 2.27. The molecule has 0 fully saturated rings. The van der Waals surface area contributed by atoms with Gasteiger partial charge in [0, 0.05) is 22.5 Å². The number of hydrogen-bond donors (Lipinski definition) is 1. The van der Waals surface area contributed by atoms with Crippen molar-refractivity contribution in [1.82, 2.24) is 9.55 Å². The number of aryl methyl sites for hydroxylation is 2. The molecule has 0 atom stereocenters. The van der Waals surface area contributed by atoms with Gasteiger partial charge < -0.3 is 10.3 Å². The van der Waals surface area contributed by atoms with Crippen LogP contribution in [0.4, 0.5) is 5.82 Å². The highest BCUT2D eigenvalue weighted by Gasteiger charge is 2.17. The summed E-state index contributed by atoms with van der Waals surface area (Å²) in [7, 11) is 0. The van der Waals surface area contributed by atoms with E-state index in [1.807, 2.05) is 0 Å². The molecule has 0 aliphatic heterocycles. The number of nitrogens with zero attached hydrogens (tertiary/aromatic N) is 2. The van der Waals surface area contributed by atoms with Crippen molar-refractivity contribution in [3.05, 3.63) is 34.1 Å². The van der Waals surface area contributed by atoms with Crippen LogP contribution in [0.2, 0.25) is 0 Å². The molecule has 0 spiro atoms. The van der Waals surface area contributed by atoms with Crippen molar-refractivity contribution in [2.75, 3.05) is 5.73 Å². The molecule has 0 bridgehead atoms. The van der Waals surface area contributed by atoms with Gasteiger partial charge in [-0.1, -0.05) is 35.0 Å². The van der Waals surface area contributed by atoms with E-state index in [4.69, 9.17) is 10.7 Å². The van der Waals surface area contributed by atoms with Crippen molar-refractivity contribution in [1.29, 1.82) is 0 Å². The average Bonchev–Trinajstić information content (AvgIpc) is 2.70. The van der Waals surface area contributed by atoms with Gasteiger partial charge in [0.2, 0.25) is 0 Å². The zero-order valence-corrected chi connectivity index (χ0v) is 13.5. The van der Waals surface area contributed by atoms with Crippen molar-refractivity contribution < 1.29 is 0 Å². The van der Waals surface area contributed by atoms with E-state index in [1.165, 1.54) is 5.56 Å². The lowest BCUT2D eigenvalue weighted by atomic mass is 10.1. The maximum atomic E-state index is 6.29. The van der Waals surface area contributed by atoms with Gasteiger partial charge in [0.15, 0.2) is 0 Å². The van der Waals surface area contributed by atoms with Gasteiger partial charge in [0.25, 0.3) is 0 Å². The zero-order chi connectivity index (χ0) is 14.2. The summed E-state index contributed by atoms with van der Waals surface area (Å²) in [6.07, 6.45) is 0.884. The molecule has 19 heavy (non-hydrogen) atoms. The lowest BCUT2D eigenvalue weighted by Crippen LogP contribution is -2.08. The van der Waals surface area contributed by atoms with Crippen LogP contribution >= 0.6 is 15.9 Å². The van der Waals surface area contributed by atoms with E-state index in [-0.39, 0.29) is 0 Å². The van der Waals surface area contributed by atoms with Gasteiger partial charge in [-0.2, -0.15) is 0 Å². The standard InChI is InChI=1S/C15H20BrN3/c1-5-13-18-14(15(17)19(13)9(2)3)11-7-6-10(4)12(16)8-11/h6-9H,5,17H2,1-4H3. The number of aromatic nitrogens is 2. The van der Waals surface area contributed by atoms with E-state index in [2.05, 4.69) is 66.4 Å². The highest BCUT2D eigenvalue weighted by atomic mass is 79.9. The molecule has 1 aromatic heterocycles. The van der Waals surface area contributed by atoms with Gasteiger partial charge in [-0.25, -0.2) is 4.98 Å². The lowest BCUT2D eigenvalue weighted by molar-refractivity contribution is 0.579. The molecule has 2 N–H and O–H groups in total. The smallest absolute Gasteiger partial charge is 0.131 e. The minimum Gasteiger partial charge on any atom is -0.383 e. The fraction of sp³-hybridized carbons (Fsp3) is 0.400. The molecular formula is C15H20BrN3. The Morgan fingerprint density at radius 3 is 2.53 bits per heavy atom. The van der Waals surface area contributed by atoms with Crippen molar-refractivity contribution in [3.8, 4) is 11.3 Å². The van der Waals surface area contributed by atoms with E-state index in [0.29, 0.717) is 6.04 Å². The molecule has 1 aromatic carbocycles. The molecular weight excluding hydrogens is 302 g/mol. The minimum atomic E-state index is 0.324. The highest BCUT2D eigenvalue weighted by molar-refractivity contribution is 9.10. The van der Waals surface area contributed by atoms with E-state index >= 15 is 0 Å². The van der Waals surface area contributed by atoms with Gasteiger partial charge in [-0.3, -0.25) is 0 Å². The van der Waals surface area contributed by atoms with Crippen LogP contribution in [0.3, 0.4) is 0 Å². The van der Waals surface area contributed by atoms with E-state index < -0.39 is 0 Å². The predicted octanol–water partition coefficient (Wildman–Crippen LogP) is 4.35. The predicted molar refractivity (Wildman–Crippen MR) is 84.3 cm³/mol. The topological polar surface area (TPSA) is 43.8 Å². The molecule has 0 saturated carbocycles. The Hall–Kier alpha value is -1.29. The van der Waals surface area contributed by atoms with Crippen molar-refractivity contribution in [2.45, 2.75) is 40.2 Å². The quantitative estimate of drug-likeness (QED) is 0.913. The summed E-state index contributed by atoms with van der Waals surface area (Å²) in [6.45, 7) is 8.44. The third kappa shape index (κ3) is 2.54. The number of nitrogen functional groups attached to an aromatic ring is 1. The van der Waals surface area contributed by atoms with Crippen molar-refractivity contribution >= 4 is 21.7 Å². The summed E-state index contributed by atoms with van der Waals surface area (Å²) in [5.41, 5.74) is 9.44. The number of nitrogens with two attached hydrogens (primary N) is 1. The van der Waals surface area contributed by atoms with Crippen LogP contribution in [0.5, 0.6) is 0 Å². The van der Waals surface area contributed by atoms with Crippen LogP contribution in [0.25, 0.3) is 11.3 Å². The first-order chi connectivity index (χ1) is 8.95. The summed E-state index contributed by atoms with van der Waals surface area (Å²) >= 11 is 3.56. The minimum absolute atomic E-state index is 0.324. The number of imidazole rings is 1. The molecule has 3 nitrogen and oxygen atoms in total. The van der Waals surface area contributed by atoms with Crippen molar-refractivity contribution in [3.63, 3.8) is 0 Å². The summed E-state index contributed by atoms with van der Waals surface area (Å²) in [6, 6.07) is 6.56. The summed E-state index contributed by atoms with van der Waals surface area (Å²) in [5, 5.41) is 0. The Morgan fingerprint density at radius 1 is 1.37 bits per heavy atom. The van der Waals surface area contributed by atoms with Crippen LogP contribution in [-0.4, -0.2) is 9.55 Å². The molecule has 2 rings (SSSR count). The second-order valence-corrected chi connectivity index (χ2v) is 5.90.